The van der Waals surface area contributed by atoms with Crippen LogP contribution in [-0.2, 0) is 13.0 Å². The van der Waals surface area contributed by atoms with Crippen LogP contribution in [-0.4, -0.2) is 37.6 Å². The maximum atomic E-state index is 13.7. The molecule has 0 amide bonds. The van der Waals surface area contributed by atoms with Gasteiger partial charge in [0, 0.05) is 39.4 Å². The van der Waals surface area contributed by atoms with E-state index in [0.717, 1.165) is 18.9 Å². The van der Waals surface area contributed by atoms with Crippen molar-refractivity contribution in [3.63, 3.8) is 0 Å². The van der Waals surface area contributed by atoms with E-state index in [4.69, 9.17) is 0 Å². The smallest absolute Gasteiger partial charge is 0.191 e. The second-order valence-corrected chi connectivity index (χ2v) is 7.12. The summed E-state index contributed by atoms with van der Waals surface area (Å²) in [6.07, 6.45) is 7.60. The lowest BCUT2D eigenvalue weighted by molar-refractivity contribution is 0.606. The van der Waals surface area contributed by atoms with Gasteiger partial charge in [-0.15, -0.1) is 0 Å². The fourth-order valence-corrected chi connectivity index (χ4v) is 3.47. The summed E-state index contributed by atoms with van der Waals surface area (Å²) in [5.74, 6) is 1.61. The van der Waals surface area contributed by atoms with Crippen molar-refractivity contribution in [3.05, 3.63) is 59.5 Å². The molecule has 150 valence electrons. The second kappa shape index (κ2) is 10.6. The molecule has 3 rings (SSSR count). The van der Waals surface area contributed by atoms with E-state index < -0.39 is 0 Å². The first-order valence-corrected chi connectivity index (χ1v) is 10.1. The molecule has 0 aliphatic carbocycles. The van der Waals surface area contributed by atoms with Crippen LogP contribution in [0.5, 0.6) is 0 Å². The van der Waals surface area contributed by atoms with Crippen molar-refractivity contribution < 1.29 is 4.39 Å². The topological polar surface area (TPSA) is 52.6 Å². The lowest BCUT2D eigenvalue weighted by atomic mass is 10.1. The predicted octanol–water partition coefficient (Wildman–Crippen LogP) is 3.51. The maximum Gasteiger partial charge on any atom is 0.191 e. The highest BCUT2D eigenvalue weighted by Crippen LogP contribution is 2.18. The molecule has 0 spiro atoms. The lowest BCUT2D eigenvalue weighted by Crippen LogP contribution is -2.38. The average Bonchev–Trinajstić information content (AvgIpc) is 3.02. The first kappa shape index (κ1) is 20.1. The summed E-state index contributed by atoms with van der Waals surface area (Å²) in [6.45, 7) is 3.46. The number of anilines is 1. The largest absolute Gasteiger partial charge is 0.357 e. The zero-order valence-corrected chi connectivity index (χ0v) is 16.6. The first-order valence-electron chi connectivity index (χ1n) is 10.1. The van der Waals surface area contributed by atoms with E-state index in [2.05, 4.69) is 31.6 Å². The molecule has 1 aliphatic rings. The van der Waals surface area contributed by atoms with E-state index in [1.807, 2.05) is 24.4 Å². The zero-order chi connectivity index (χ0) is 19.6. The van der Waals surface area contributed by atoms with E-state index in [9.17, 15) is 4.39 Å². The summed E-state index contributed by atoms with van der Waals surface area (Å²) in [4.78, 5) is 11.2. The van der Waals surface area contributed by atoms with Crippen LogP contribution in [0.2, 0.25) is 0 Å². The van der Waals surface area contributed by atoms with Gasteiger partial charge in [0.25, 0.3) is 0 Å². The van der Waals surface area contributed by atoms with Gasteiger partial charge in [0.1, 0.15) is 11.6 Å². The Morgan fingerprint density at radius 3 is 2.64 bits per heavy atom. The van der Waals surface area contributed by atoms with Crippen LogP contribution in [0.15, 0.2) is 47.6 Å². The highest BCUT2D eigenvalue weighted by Gasteiger charge is 2.11. The normalized spacial score (nSPS) is 15.2. The number of hydrogen-bond acceptors (Lipinski definition) is 3. The standard InChI is InChI=1S/C22H30FN5/c1-24-22(26-13-11-19-8-4-5-9-20(19)23)27-17-18-10-12-25-21(16-18)28-14-6-2-3-7-15-28/h4-5,8-10,12,16H,2-3,6-7,11,13-15,17H2,1H3,(H2,24,26,27). The SMILES string of the molecule is CN=C(NCCc1ccccc1F)NCc1ccnc(N2CCCCCC2)c1. The number of guanidine groups is 1. The number of nitrogens with zero attached hydrogens (tertiary/aromatic N) is 3. The van der Waals surface area contributed by atoms with Crippen molar-refractivity contribution in [1.29, 1.82) is 0 Å². The molecular formula is C22H30FN5. The fourth-order valence-electron chi connectivity index (χ4n) is 3.47. The molecule has 1 aromatic carbocycles. The van der Waals surface area contributed by atoms with Crippen LogP contribution in [0.3, 0.4) is 0 Å². The van der Waals surface area contributed by atoms with E-state index in [1.54, 1.807) is 13.1 Å². The van der Waals surface area contributed by atoms with Gasteiger partial charge in [0.15, 0.2) is 5.96 Å². The molecule has 1 saturated heterocycles. The maximum absolute atomic E-state index is 13.7. The molecule has 1 fully saturated rings. The van der Waals surface area contributed by atoms with E-state index in [-0.39, 0.29) is 5.82 Å². The van der Waals surface area contributed by atoms with Crippen molar-refractivity contribution in [3.8, 4) is 0 Å². The van der Waals surface area contributed by atoms with E-state index in [1.165, 1.54) is 37.3 Å². The summed E-state index contributed by atoms with van der Waals surface area (Å²) < 4.78 is 13.7. The summed E-state index contributed by atoms with van der Waals surface area (Å²) in [5.41, 5.74) is 1.88. The first-order chi connectivity index (χ1) is 13.8. The molecule has 0 radical (unpaired) electrons. The highest BCUT2D eigenvalue weighted by atomic mass is 19.1. The Morgan fingerprint density at radius 2 is 1.89 bits per heavy atom. The second-order valence-electron chi connectivity index (χ2n) is 7.12. The summed E-state index contributed by atoms with van der Waals surface area (Å²) in [5, 5.41) is 6.58. The lowest BCUT2D eigenvalue weighted by Gasteiger charge is -2.22. The van der Waals surface area contributed by atoms with Crippen LogP contribution in [0.1, 0.15) is 36.8 Å². The van der Waals surface area contributed by atoms with Gasteiger partial charge in [-0.05, 0) is 48.6 Å². The minimum Gasteiger partial charge on any atom is -0.357 e. The van der Waals surface area contributed by atoms with E-state index in [0.29, 0.717) is 31.0 Å². The Hall–Kier alpha value is -2.63. The molecule has 1 aliphatic heterocycles. The Bertz CT molecular complexity index is 769. The molecule has 0 unspecified atom stereocenters. The molecule has 6 heteroatoms. The number of benzene rings is 1. The molecule has 0 atom stereocenters. The highest BCUT2D eigenvalue weighted by molar-refractivity contribution is 5.79. The van der Waals surface area contributed by atoms with Crippen molar-refractivity contribution in [1.82, 2.24) is 15.6 Å². The van der Waals surface area contributed by atoms with Crippen LogP contribution in [0.25, 0.3) is 0 Å². The Morgan fingerprint density at radius 1 is 1.11 bits per heavy atom. The zero-order valence-electron chi connectivity index (χ0n) is 16.6. The van der Waals surface area contributed by atoms with E-state index >= 15 is 0 Å². The van der Waals surface area contributed by atoms with Gasteiger partial charge < -0.3 is 15.5 Å². The molecule has 28 heavy (non-hydrogen) atoms. The van der Waals surface area contributed by atoms with Crippen molar-refractivity contribution in [2.24, 2.45) is 4.99 Å². The van der Waals surface area contributed by atoms with Gasteiger partial charge in [-0.2, -0.15) is 0 Å². The van der Waals surface area contributed by atoms with Crippen LogP contribution in [0.4, 0.5) is 10.2 Å². The minimum absolute atomic E-state index is 0.162. The Balaban J connectivity index is 1.49. The van der Waals surface area contributed by atoms with Crippen molar-refractivity contribution in [2.75, 3.05) is 31.6 Å². The Kier molecular flexibility index (Phi) is 7.64. The third-order valence-electron chi connectivity index (χ3n) is 5.07. The molecule has 2 aromatic rings. The predicted molar refractivity (Wildman–Crippen MR) is 113 cm³/mol. The number of nitrogens with one attached hydrogen (secondary N) is 2. The van der Waals surface area contributed by atoms with Crippen molar-refractivity contribution >= 4 is 11.8 Å². The van der Waals surface area contributed by atoms with Gasteiger partial charge in [-0.1, -0.05) is 31.0 Å². The Labute approximate surface area is 167 Å². The van der Waals surface area contributed by atoms with Gasteiger partial charge >= 0.3 is 0 Å². The molecule has 0 saturated carbocycles. The number of pyridine rings is 1. The monoisotopic (exact) mass is 383 g/mol. The number of hydrogen-bond donors (Lipinski definition) is 2. The number of aliphatic imine (C=N–C) groups is 1. The van der Waals surface area contributed by atoms with Crippen LogP contribution < -0.4 is 15.5 Å². The molecule has 2 N–H and O–H groups in total. The number of halogens is 1. The fraction of sp³-hybridized carbons (Fsp3) is 0.455. The quantitative estimate of drug-likeness (QED) is 0.592. The number of aromatic nitrogens is 1. The van der Waals surface area contributed by atoms with Gasteiger partial charge in [0.05, 0.1) is 0 Å². The molecule has 0 bridgehead atoms. The molecule has 1 aromatic heterocycles. The van der Waals surface area contributed by atoms with Crippen LogP contribution >= 0.6 is 0 Å². The van der Waals surface area contributed by atoms with Crippen LogP contribution in [0, 0.1) is 5.82 Å². The third-order valence-corrected chi connectivity index (χ3v) is 5.07. The van der Waals surface area contributed by atoms with Crippen molar-refractivity contribution in [2.45, 2.75) is 38.6 Å². The number of rotatable bonds is 6. The summed E-state index contributed by atoms with van der Waals surface area (Å²) >= 11 is 0. The van der Waals surface area contributed by atoms with Gasteiger partial charge in [-0.3, -0.25) is 4.99 Å². The minimum atomic E-state index is -0.162. The summed E-state index contributed by atoms with van der Waals surface area (Å²) in [6, 6.07) is 11.1. The molecular weight excluding hydrogens is 353 g/mol. The van der Waals surface area contributed by atoms with Gasteiger partial charge in [-0.25, -0.2) is 9.37 Å². The summed E-state index contributed by atoms with van der Waals surface area (Å²) in [7, 11) is 1.74. The molecule has 2 heterocycles. The average molecular weight is 384 g/mol. The molecule has 5 nitrogen and oxygen atoms in total. The third kappa shape index (κ3) is 5.94. The van der Waals surface area contributed by atoms with Gasteiger partial charge in [0.2, 0.25) is 0 Å².